The zero-order valence-electron chi connectivity index (χ0n) is 11.9. The predicted molar refractivity (Wildman–Crippen MR) is 100 cm³/mol. The van der Waals surface area contributed by atoms with E-state index in [4.69, 9.17) is 0 Å². The van der Waals surface area contributed by atoms with Crippen LogP contribution >= 0.6 is 45.8 Å². The third-order valence-corrected chi connectivity index (χ3v) is 7.05. The molecule has 0 aliphatic rings. The molecule has 1 N–H and O–H groups in total. The number of fused-ring (bicyclic) bond motifs is 1. The van der Waals surface area contributed by atoms with E-state index >= 15 is 0 Å². The van der Waals surface area contributed by atoms with Crippen molar-refractivity contribution in [3.8, 4) is 0 Å². The van der Waals surface area contributed by atoms with Gasteiger partial charge in [0.2, 0.25) is 5.13 Å². The minimum Gasteiger partial charge on any atom is -0.360 e. The number of anilines is 1. The summed E-state index contributed by atoms with van der Waals surface area (Å²) in [6, 6.07) is 12.4. The first-order chi connectivity index (χ1) is 11.4. The Kier molecular flexibility index (Phi) is 4.56. The summed E-state index contributed by atoms with van der Waals surface area (Å²) in [5, 5.41) is 14.7. The van der Waals surface area contributed by atoms with Crippen LogP contribution < -0.4 is 5.32 Å². The molecule has 3 heterocycles. The highest BCUT2D eigenvalue weighted by Crippen LogP contribution is 2.36. The average molecular weight is 377 g/mol. The van der Waals surface area contributed by atoms with E-state index in [1.54, 1.807) is 45.8 Å². The molecule has 0 aliphatic carbocycles. The van der Waals surface area contributed by atoms with Gasteiger partial charge in [0.05, 0.1) is 10.2 Å². The molecular weight excluding hydrogens is 364 g/mol. The van der Waals surface area contributed by atoms with Crippen LogP contribution in [0, 0.1) is 0 Å². The minimum absolute atomic E-state index is 0.866. The molecule has 0 atom stereocenters. The van der Waals surface area contributed by atoms with Gasteiger partial charge >= 0.3 is 0 Å². The van der Waals surface area contributed by atoms with Crippen molar-refractivity contribution in [3.63, 3.8) is 0 Å². The Balaban J connectivity index is 1.37. The van der Waals surface area contributed by atoms with Crippen LogP contribution in [-0.2, 0) is 6.42 Å². The minimum atomic E-state index is 0.866. The molecule has 4 nitrogen and oxygen atoms in total. The quantitative estimate of drug-likeness (QED) is 0.512. The van der Waals surface area contributed by atoms with E-state index in [9.17, 15) is 0 Å². The Bertz CT molecular complexity index is 864. The first-order valence-corrected chi connectivity index (χ1v) is 10.3. The molecule has 1 aromatic carbocycles. The summed E-state index contributed by atoms with van der Waals surface area (Å²) in [5.41, 5.74) is 1.04. The van der Waals surface area contributed by atoms with E-state index in [0.717, 1.165) is 32.3 Å². The Hall–Kier alpha value is -1.48. The zero-order valence-corrected chi connectivity index (χ0v) is 15.2. The number of nitrogens with one attached hydrogen (secondary N) is 1. The van der Waals surface area contributed by atoms with E-state index < -0.39 is 0 Å². The Labute approximate surface area is 149 Å². The second-order valence-electron chi connectivity index (χ2n) is 4.68. The molecule has 4 aromatic rings. The molecule has 3 aromatic heterocycles. The van der Waals surface area contributed by atoms with Gasteiger partial charge in [-0.2, -0.15) is 0 Å². The summed E-state index contributed by atoms with van der Waals surface area (Å²) in [6.45, 7) is 0.876. The fourth-order valence-electron chi connectivity index (χ4n) is 2.04. The van der Waals surface area contributed by atoms with E-state index in [0.29, 0.717) is 0 Å². The van der Waals surface area contributed by atoms with Gasteiger partial charge in [0.15, 0.2) is 8.68 Å². The van der Waals surface area contributed by atoms with Crippen molar-refractivity contribution < 1.29 is 0 Å². The molecule has 116 valence electrons. The number of hydrogen-bond donors (Lipinski definition) is 1. The Morgan fingerprint density at radius 3 is 2.83 bits per heavy atom. The molecular formula is C15H12N4S4. The van der Waals surface area contributed by atoms with Crippen molar-refractivity contribution in [3.05, 3.63) is 46.7 Å². The SMILES string of the molecule is c1csc(CCNc2nnc(Sc3nc4ccccc4s3)s2)c1. The number of benzene rings is 1. The molecule has 0 radical (unpaired) electrons. The molecule has 0 saturated heterocycles. The maximum atomic E-state index is 4.61. The molecule has 4 rings (SSSR count). The number of rotatable bonds is 6. The summed E-state index contributed by atoms with van der Waals surface area (Å²) in [5.74, 6) is 0. The second kappa shape index (κ2) is 6.96. The van der Waals surface area contributed by atoms with Gasteiger partial charge in [-0.05, 0) is 41.8 Å². The van der Waals surface area contributed by atoms with Crippen molar-refractivity contribution in [1.29, 1.82) is 0 Å². The van der Waals surface area contributed by atoms with Gasteiger partial charge in [-0.15, -0.1) is 32.9 Å². The van der Waals surface area contributed by atoms with Crippen LogP contribution in [0.25, 0.3) is 10.2 Å². The maximum absolute atomic E-state index is 4.61. The first-order valence-electron chi connectivity index (χ1n) is 7.00. The molecule has 0 saturated carbocycles. The highest BCUT2D eigenvalue weighted by Gasteiger charge is 2.10. The smallest absolute Gasteiger partial charge is 0.206 e. The number of hydrogen-bond acceptors (Lipinski definition) is 8. The lowest BCUT2D eigenvalue weighted by molar-refractivity contribution is 0.980. The topological polar surface area (TPSA) is 50.7 Å². The predicted octanol–water partition coefficient (Wildman–Crippen LogP) is 5.02. The summed E-state index contributed by atoms with van der Waals surface area (Å²) < 4.78 is 3.13. The third kappa shape index (κ3) is 3.72. The van der Waals surface area contributed by atoms with E-state index in [1.165, 1.54) is 9.58 Å². The molecule has 0 unspecified atom stereocenters. The van der Waals surface area contributed by atoms with E-state index in [2.05, 4.69) is 44.1 Å². The summed E-state index contributed by atoms with van der Waals surface area (Å²) in [4.78, 5) is 6.00. The molecule has 0 spiro atoms. The van der Waals surface area contributed by atoms with Crippen molar-refractivity contribution >= 4 is 61.1 Å². The lowest BCUT2D eigenvalue weighted by Gasteiger charge is -1.98. The van der Waals surface area contributed by atoms with Gasteiger partial charge in [0.25, 0.3) is 0 Å². The van der Waals surface area contributed by atoms with Crippen LogP contribution in [0.4, 0.5) is 5.13 Å². The zero-order chi connectivity index (χ0) is 15.5. The van der Waals surface area contributed by atoms with Gasteiger partial charge in [-0.25, -0.2) is 4.98 Å². The van der Waals surface area contributed by atoms with Crippen molar-refractivity contribution in [1.82, 2.24) is 15.2 Å². The summed E-state index contributed by atoms with van der Waals surface area (Å²) >= 11 is 6.63. The van der Waals surface area contributed by atoms with Gasteiger partial charge in [-0.1, -0.05) is 29.5 Å². The van der Waals surface area contributed by atoms with Crippen LogP contribution in [0.2, 0.25) is 0 Å². The molecule has 0 aliphatic heterocycles. The second-order valence-corrected chi connectivity index (χ2v) is 9.21. The lowest BCUT2D eigenvalue weighted by Crippen LogP contribution is -2.03. The van der Waals surface area contributed by atoms with Crippen molar-refractivity contribution in [2.24, 2.45) is 0 Å². The fourth-order valence-corrected chi connectivity index (χ4v) is 5.79. The molecule has 0 fully saturated rings. The van der Waals surface area contributed by atoms with Gasteiger partial charge in [0, 0.05) is 11.4 Å². The fraction of sp³-hybridized carbons (Fsp3) is 0.133. The van der Waals surface area contributed by atoms with E-state index in [-0.39, 0.29) is 0 Å². The van der Waals surface area contributed by atoms with E-state index in [1.807, 2.05) is 18.2 Å². The number of aromatic nitrogens is 3. The van der Waals surface area contributed by atoms with Crippen molar-refractivity contribution in [2.75, 3.05) is 11.9 Å². The lowest BCUT2D eigenvalue weighted by atomic mass is 10.3. The van der Waals surface area contributed by atoms with Crippen LogP contribution in [0.1, 0.15) is 4.88 Å². The molecule has 0 amide bonds. The number of thiophene rings is 1. The summed E-state index contributed by atoms with van der Waals surface area (Å²) in [6.07, 6.45) is 1.01. The van der Waals surface area contributed by atoms with Crippen LogP contribution in [0.3, 0.4) is 0 Å². The van der Waals surface area contributed by atoms with Crippen LogP contribution in [0.15, 0.2) is 50.5 Å². The standard InChI is InChI=1S/C15H12N4S4/c1-2-6-12-11(5-1)17-14(21-12)23-15-19-18-13(22-15)16-8-7-10-4-3-9-20-10/h1-6,9H,7-8H2,(H,16,18). The Morgan fingerprint density at radius 1 is 1.00 bits per heavy atom. The van der Waals surface area contributed by atoms with Gasteiger partial charge in [0.1, 0.15) is 0 Å². The number of para-hydroxylation sites is 1. The number of nitrogens with zero attached hydrogens (tertiary/aromatic N) is 3. The van der Waals surface area contributed by atoms with Crippen LogP contribution in [-0.4, -0.2) is 21.7 Å². The highest BCUT2D eigenvalue weighted by atomic mass is 32.2. The maximum Gasteiger partial charge on any atom is 0.206 e. The van der Waals surface area contributed by atoms with Crippen molar-refractivity contribution in [2.45, 2.75) is 15.1 Å². The molecule has 0 bridgehead atoms. The normalized spacial score (nSPS) is 11.1. The monoisotopic (exact) mass is 376 g/mol. The highest BCUT2D eigenvalue weighted by molar-refractivity contribution is 8.02. The molecule has 8 heteroatoms. The summed E-state index contributed by atoms with van der Waals surface area (Å²) in [7, 11) is 0. The molecule has 23 heavy (non-hydrogen) atoms. The third-order valence-electron chi connectivity index (χ3n) is 3.08. The van der Waals surface area contributed by atoms with Gasteiger partial charge in [-0.3, -0.25) is 0 Å². The van der Waals surface area contributed by atoms with Crippen LogP contribution in [0.5, 0.6) is 0 Å². The first kappa shape index (κ1) is 15.1. The van der Waals surface area contributed by atoms with Gasteiger partial charge < -0.3 is 5.32 Å². The number of thiazole rings is 1. The average Bonchev–Trinajstić information content (AvgIpc) is 3.28. The Morgan fingerprint density at radius 2 is 1.96 bits per heavy atom. The largest absolute Gasteiger partial charge is 0.360 e.